The van der Waals surface area contributed by atoms with E-state index in [0.29, 0.717) is 4.47 Å². The quantitative estimate of drug-likeness (QED) is 0.796. The monoisotopic (exact) mass is 413 g/mol. The standard InChI is InChI=1S/C12H10BrClFNO5S/c13-8-2-1-7(5-9(8)14)10(17)16-3-4-22(20,21)12(15,6-16)11(18)19/h1-2,5H,3-4,6H2,(H,18,19). The van der Waals surface area contributed by atoms with Crippen LogP contribution in [0.15, 0.2) is 22.7 Å². The number of benzene rings is 1. The maximum Gasteiger partial charge on any atom is 0.359 e. The van der Waals surface area contributed by atoms with E-state index in [1.807, 2.05) is 0 Å². The van der Waals surface area contributed by atoms with Gasteiger partial charge in [0.05, 0.1) is 17.3 Å². The lowest BCUT2D eigenvalue weighted by atomic mass is 10.2. The minimum Gasteiger partial charge on any atom is -0.478 e. The van der Waals surface area contributed by atoms with Crippen LogP contribution in [0.2, 0.25) is 5.02 Å². The first kappa shape index (κ1) is 17.2. The molecule has 1 atom stereocenters. The molecule has 1 amide bonds. The summed E-state index contributed by atoms with van der Waals surface area (Å²) in [6, 6.07) is 4.26. The van der Waals surface area contributed by atoms with Crippen LogP contribution in [-0.2, 0) is 14.6 Å². The Morgan fingerprint density at radius 1 is 1.41 bits per heavy atom. The first-order valence-corrected chi connectivity index (χ1v) is 8.80. The number of nitrogens with zero attached hydrogens (tertiary/aromatic N) is 1. The molecule has 2 rings (SSSR count). The molecule has 1 aromatic carbocycles. The molecular weight excluding hydrogens is 405 g/mol. The minimum absolute atomic E-state index is 0.111. The Labute approximate surface area is 138 Å². The lowest BCUT2D eigenvalue weighted by Gasteiger charge is -2.34. The van der Waals surface area contributed by atoms with Crippen molar-refractivity contribution in [1.82, 2.24) is 4.90 Å². The summed E-state index contributed by atoms with van der Waals surface area (Å²) >= 11 is 9.02. The first-order valence-electron chi connectivity index (χ1n) is 5.97. The predicted molar refractivity (Wildman–Crippen MR) is 80.3 cm³/mol. The van der Waals surface area contributed by atoms with Crippen molar-refractivity contribution in [2.75, 3.05) is 18.8 Å². The van der Waals surface area contributed by atoms with Crippen LogP contribution < -0.4 is 0 Å². The highest BCUT2D eigenvalue weighted by molar-refractivity contribution is 9.10. The number of hydrogen-bond donors (Lipinski definition) is 1. The van der Waals surface area contributed by atoms with Crippen LogP contribution in [0.25, 0.3) is 0 Å². The number of carboxylic acids is 1. The summed E-state index contributed by atoms with van der Waals surface area (Å²) in [6.45, 7) is -1.34. The van der Waals surface area contributed by atoms with E-state index in [1.165, 1.54) is 18.2 Å². The Kier molecular flexibility index (Phi) is 4.51. The lowest BCUT2D eigenvalue weighted by molar-refractivity contribution is -0.146. The fourth-order valence-corrected chi connectivity index (χ4v) is 3.83. The van der Waals surface area contributed by atoms with Crippen molar-refractivity contribution in [3.05, 3.63) is 33.3 Å². The molecule has 6 nitrogen and oxygen atoms in total. The number of sulfone groups is 1. The second kappa shape index (κ2) is 5.78. The molecular formula is C12H10BrClFNO5S. The molecule has 120 valence electrons. The molecule has 22 heavy (non-hydrogen) atoms. The number of rotatable bonds is 2. The fraction of sp³-hybridized carbons (Fsp3) is 0.333. The van der Waals surface area contributed by atoms with Crippen molar-refractivity contribution in [2.24, 2.45) is 0 Å². The number of halogens is 3. The maximum atomic E-state index is 14.3. The SMILES string of the molecule is O=C(c1ccc(Br)c(Cl)c1)N1CCS(=O)(=O)C(F)(C(=O)O)C1. The van der Waals surface area contributed by atoms with Gasteiger partial charge in [-0.25, -0.2) is 17.6 Å². The minimum atomic E-state index is -4.48. The molecule has 1 fully saturated rings. The van der Waals surface area contributed by atoms with Gasteiger partial charge >= 0.3 is 11.0 Å². The van der Waals surface area contributed by atoms with Gasteiger partial charge in [-0.05, 0) is 34.1 Å². The number of carboxylic acid groups (broad SMARTS) is 1. The van der Waals surface area contributed by atoms with Crippen LogP contribution >= 0.6 is 27.5 Å². The van der Waals surface area contributed by atoms with Crippen LogP contribution in [0.4, 0.5) is 4.39 Å². The number of alkyl halides is 1. The molecule has 0 bridgehead atoms. The number of amides is 1. The first-order chi connectivity index (χ1) is 10.1. The Morgan fingerprint density at radius 2 is 2.05 bits per heavy atom. The topological polar surface area (TPSA) is 91.8 Å². The van der Waals surface area contributed by atoms with Crippen molar-refractivity contribution in [2.45, 2.75) is 5.00 Å². The zero-order valence-electron chi connectivity index (χ0n) is 10.9. The third-order valence-corrected chi connectivity index (χ3v) is 6.53. The second-order valence-electron chi connectivity index (χ2n) is 4.71. The zero-order chi connectivity index (χ0) is 16.7. The van der Waals surface area contributed by atoms with Gasteiger partial charge in [-0.15, -0.1) is 0 Å². The normalized spacial score (nSPS) is 24.0. The van der Waals surface area contributed by atoms with E-state index in [-0.39, 0.29) is 17.1 Å². The highest BCUT2D eigenvalue weighted by atomic mass is 79.9. The summed E-state index contributed by atoms with van der Waals surface area (Å²) in [5, 5.41) is 5.61. The van der Waals surface area contributed by atoms with E-state index in [9.17, 15) is 22.4 Å². The van der Waals surface area contributed by atoms with Crippen LogP contribution in [0.1, 0.15) is 10.4 Å². The third-order valence-electron chi connectivity index (χ3n) is 3.29. The van der Waals surface area contributed by atoms with Crippen molar-refractivity contribution in [3.63, 3.8) is 0 Å². The van der Waals surface area contributed by atoms with E-state index >= 15 is 0 Å². The van der Waals surface area contributed by atoms with E-state index in [2.05, 4.69) is 15.9 Å². The van der Waals surface area contributed by atoms with Crippen LogP contribution in [0, 0.1) is 0 Å². The Balaban J connectivity index is 2.32. The summed E-state index contributed by atoms with van der Waals surface area (Å²) in [7, 11) is -4.48. The highest BCUT2D eigenvalue weighted by Crippen LogP contribution is 2.29. The van der Waals surface area contributed by atoms with Gasteiger partial charge in [0.2, 0.25) is 0 Å². The molecule has 0 aliphatic carbocycles. The highest BCUT2D eigenvalue weighted by Gasteiger charge is 2.56. The van der Waals surface area contributed by atoms with E-state index in [0.717, 1.165) is 4.90 Å². The summed E-state index contributed by atoms with van der Waals surface area (Å²) in [4.78, 5) is 24.1. The largest absolute Gasteiger partial charge is 0.478 e. The molecule has 1 unspecified atom stereocenters. The van der Waals surface area contributed by atoms with Gasteiger partial charge in [0.15, 0.2) is 9.84 Å². The number of hydrogen-bond acceptors (Lipinski definition) is 4. The van der Waals surface area contributed by atoms with Gasteiger partial charge in [-0.3, -0.25) is 4.79 Å². The average Bonchev–Trinajstić information content (AvgIpc) is 2.44. The third kappa shape index (κ3) is 2.84. The van der Waals surface area contributed by atoms with E-state index in [1.54, 1.807) is 0 Å². The molecule has 1 N–H and O–H groups in total. The molecule has 1 saturated heterocycles. The lowest BCUT2D eigenvalue weighted by Crippen LogP contribution is -2.59. The molecule has 0 spiro atoms. The van der Waals surface area contributed by atoms with Gasteiger partial charge in [-0.1, -0.05) is 11.6 Å². The molecule has 0 saturated carbocycles. The van der Waals surface area contributed by atoms with Crippen LogP contribution in [0.5, 0.6) is 0 Å². The fourth-order valence-electron chi connectivity index (χ4n) is 2.00. The van der Waals surface area contributed by atoms with Crippen molar-refractivity contribution >= 4 is 49.2 Å². The van der Waals surface area contributed by atoms with Crippen molar-refractivity contribution < 1.29 is 27.5 Å². The van der Waals surface area contributed by atoms with Crippen molar-refractivity contribution in [3.8, 4) is 0 Å². The van der Waals surface area contributed by atoms with Gasteiger partial charge in [0, 0.05) is 16.6 Å². The summed E-state index contributed by atoms with van der Waals surface area (Å²) in [5.74, 6) is -3.57. The second-order valence-corrected chi connectivity index (χ2v) is 8.25. The zero-order valence-corrected chi connectivity index (χ0v) is 14.1. The summed E-state index contributed by atoms with van der Waals surface area (Å²) in [6.07, 6.45) is 0. The Bertz CT molecular complexity index is 756. The van der Waals surface area contributed by atoms with Gasteiger partial charge in [0.1, 0.15) is 0 Å². The van der Waals surface area contributed by atoms with Gasteiger partial charge in [-0.2, -0.15) is 0 Å². The molecule has 1 aliphatic rings. The molecule has 1 heterocycles. The van der Waals surface area contributed by atoms with E-state index < -0.39 is 39.0 Å². The Hall–Kier alpha value is -1.19. The smallest absolute Gasteiger partial charge is 0.359 e. The molecule has 0 radical (unpaired) electrons. The average molecular weight is 415 g/mol. The molecule has 1 aromatic rings. The van der Waals surface area contributed by atoms with E-state index in [4.69, 9.17) is 16.7 Å². The van der Waals surface area contributed by atoms with Crippen LogP contribution in [-0.4, -0.2) is 54.1 Å². The summed E-state index contributed by atoms with van der Waals surface area (Å²) < 4.78 is 38.1. The molecule has 1 aliphatic heterocycles. The maximum absolute atomic E-state index is 14.3. The van der Waals surface area contributed by atoms with Crippen LogP contribution in [0.3, 0.4) is 0 Å². The van der Waals surface area contributed by atoms with Gasteiger partial charge < -0.3 is 10.0 Å². The number of carbonyl (C=O) groups excluding carboxylic acids is 1. The Morgan fingerprint density at radius 3 is 2.59 bits per heavy atom. The summed E-state index contributed by atoms with van der Waals surface area (Å²) in [5.41, 5.74) is 0.111. The molecule has 0 aromatic heterocycles. The molecule has 10 heteroatoms. The number of aliphatic carboxylic acids is 1. The number of carbonyl (C=O) groups is 2. The van der Waals surface area contributed by atoms with Crippen molar-refractivity contribution in [1.29, 1.82) is 0 Å². The van der Waals surface area contributed by atoms with Gasteiger partial charge in [0.25, 0.3) is 5.91 Å². The predicted octanol–water partition coefficient (Wildman–Crippen LogP) is 1.72.